The molecule has 4 nitrogen and oxygen atoms in total. The van der Waals surface area contributed by atoms with Gasteiger partial charge in [-0.05, 0) is 30.7 Å². The highest BCUT2D eigenvalue weighted by Gasteiger charge is 2.11. The first-order chi connectivity index (χ1) is 10.0. The van der Waals surface area contributed by atoms with Gasteiger partial charge in [0.1, 0.15) is 12.3 Å². The molecule has 2 aromatic rings. The van der Waals surface area contributed by atoms with Crippen LogP contribution in [0.3, 0.4) is 0 Å². The Kier molecular flexibility index (Phi) is 4.69. The normalized spacial score (nSPS) is 9.90. The molecule has 2 rings (SSSR count). The van der Waals surface area contributed by atoms with E-state index in [2.05, 4.69) is 17.2 Å². The minimum absolute atomic E-state index is 0.197. The lowest BCUT2D eigenvalue weighted by Gasteiger charge is -2.07. The smallest absolute Gasteiger partial charge is 0.272 e. The Hall–Kier alpha value is -2.22. The van der Waals surface area contributed by atoms with Gasteiger partial charge in [0.2, 0.25) is 0 Å². The quantitative estimate of drug-likeness (QED) is 0.838. The molecule has 0 aliphatic heterocycles. The molecule has 0 unspecified atom stereocenters. The third-order valence-electron chi connectivity index (χ3n) is 3.00. The predicted octanol–water partition coefficient (Wildman–Crippen LogP) is 2.58. The summed E-state index contributed by atoms with van der Waals surface area (Å²) in [7, 11) is 1.76. The number of carbonyl (C=O) groups excluding carboxylic acids is 1. The maximum atomic E-state index is 12.2. The lowest BCUT2D eigenvalue weighted by molar-refractivity contribution is 0.101. The first kappa shape index (κ1) is 15.2. The van der Waals surface area contributed by atoms with Gasteiger partial charge >= 0.3 is 0 Å². The van der Waals surface area contributed by atoms with Crippen LogP contribution in [0.25, 0.3) is 0 Å². The molecular weight excluding hydrogens is 288 g/mol. The number of aryl methyl sites for hydroxylation is 2. The van der Waals surface area contributed by atoms with Gasteiger partial charge in [-0.1, -0.05) is 29.5 Å². The zero-order valence-electron chi connectivity index (χ0n) is 11.8. The van der Waals surface area contributed by atoms with E-state index in [1.165, 1.54) is 0 Å². The van der Waals surface area contributed by atoms with Gasteiger partial charge in [0.25, 0.3) is 5.91 Å². The summed E-state index contributed by atoms with van der Waals surface area (Å²) in [4.78, 5) is 12.2. The Morgan fingerprint density at radius 2 is 2.19 bits per heavy atom. The second-order valence-corrected chi connectivity index (χ2v) is 5.03. The molecule has 1 aromatic heterocycles. The summed E-state index contributed by atoms with van der Waals surface area (Å²) in [6.45, 7) is 1.72. The number of rotatable bonds is 2. The second-order valence-electron chi connectivity index (χ2n) is 4.60. The van der Waals surface area contributed by atoms with Crippen LogP contribution in [0.4, 0.5) is 5.69 Å². The molecule has 5 heteroatoms. The van der Waals surface area contributed by atoms with Crippen LogP contribution < -0.4 is 5.32 Å². The summed E-state index contributed by atoms with van der Waals surface area (Å²) in [6, 6.07) is 7.06. The standard InChI is InChI=1S/C16H15ClN2O2/c1-11-5-6-14(8-12(11)4-3-7-20)18-16(21)15-9-13(17)10-19(15)2/h5-6,8-10,20H,7H2,1-2H3,(H,18,21). The number of benzene rings is 1. The van der Waals surface area contributed by atoms with Crippen LogP contribution in [0.5, 0.6) is 0 Å². The molecule has 0 fully saturated rings. The predicted molar refractivity (Wildman–Crippen MR) is 83.5 cm³/mol. The molecule has 2 N–H and O–H groups in total. The van der Waals surface area contributed by atoms with E-state index >= 15 is 0 Å². The Labute approximate surface area is 128 Å². The van der Waals surface area contributed by atoms with E-state index in [0.29, 0.717) is 16.4 Å². The molecule has 0 saturated heterocycles. The topological polar surface area (TPSA) is 54.3 Å². The summed E-state index contributed by atoms with van der Waals surface area (Å²) in [6.07, 6.45) is 1.67. The van der Waals surface area contributed by atoms with E-state index in [9.17, 15) is 4.79 Å². The number of nitrogens with one attached hydrogen (secondary N) is 1. The van der Waals surface area contributed by atoms with E-state index in [1.807, 2.05) is 19.1 Å². The highest BCUT2D eigenvalue weighted by Crippen LogP contribution is 2.17. The van der Waals surface area contributed by atoms with Crippen LogP contribution in [0.15, 0.2) is 30.5 Å². The van der Waals surface area contributed by atoms with Gasteiger partial charge in [0.05, 0.1) is 5.02 Å². The summed E-state index contributed by atoms with van der Waals surface area (Å²) in [5.41, 5.74) is 2.87. The SMILES string of the molecule is Cc1ccc(NC(=O)c2cc(Cl)cn2C)cc1C#CCO. The van der Waals surface area contributed by atoms with Crippen molar-refractivity contribution in [3.63, 3.8) is 0 Å². The van der Waals surface area contributed by atoms with E-state index in [-0.39, 0.29) is 12.5 Å². The second kappa shape index (κ2) is 6.49. The van der Waals surface area contributed by atoms with Crippen molar-refractivity contribution >= 4 is 23.2 Å². The van der Waals surface area contributed by atoms with Crippen molar-refractivity contribution in [2.24, 2.45) is 7.05 Å². The summed E-state index contributed by atoms with van der Waals surface area (Å²) < 4.78 is 1.67. The molecular formula is C16H15ClN2O2. The zero-order valence-corrected chi connectivity index (χ0v) is 12.5. The van der Waals surface area contributed by atoms with Crippen molar-refractivity contribution in [1.82, 2.24) is 4.57 Å². The van der Waals surface area contributed by atoms with Crippen LogP contribution in [0, 0.1) is 18.8 Å². The first-order valence-electron chi connectivity index (χ1n) is 6.35. The Balaban J connectivity index is 2.23. The maximum Gasteiger partial charge on any atom is 0.272 e. The van der Waals surface area contributed by atoms with Crippen LogP contribution in [0.2, 0.25) is 5.02 Å². The molecule has 108 valence electrons. The molecule has 21 heavy (non-hydrogen) atoms. The number of anilines is 1. The summed E-state index contributed by atoms with van der Waals surface area (Å²) in [5.74, 6) is 5.21. The third-order valence-corrected chi connectivity index (χ3v) is 3.21. The highest BCUT2D eigenvalue weighted by atomic mass is 35.5. The van der Waals surface area contributed by atoms with Crippen molar-refractivity contribution in [1.29, 1.82) is 0 Å². The fourth-order valence-corrected chi connectivity index (χ4v) is 2.16. The van der Waals surface area contributed by atoms with E-state index in [0.717, 1.165) is 11.1 Å². The first-order valence-corrected chi connectivity index (χ1v) is 6.72. The number of hydrogen-bond donors (Lipinski definition) is 2. The molecule has 0 aliphatic rings. The number of amides is 1. The van der Waals surface area contributed by atoms with Gasteiger partial charge in [-0.15, -0.1) is 0 Å². The molecule has 0 saturated carbocycles. The number of halogens is 1. The van der Waals surface area contributed by atoms with E-state index in [1.54, 1.807) is 29.9 Å². The Bertz CT molecular complexity index is 738. The van der Waals surface area contributed by atoms with Gasteiger partial charge < -0.3 is 15.0 Å². The van der Waals surface area contributed by atoms with Crippen molar-refractivity contribution in [2.75, 3.05) is 11.9 Å². The number of aliphatic hydroxyl groups excluding tert-OH is 1. The number of aromatic nitrogens is 1. The van der Waals surface area contributed by atoms with Crippen molar-refractivity contribution in [2.45, 2.75) is 6.92 Å². The largest absolute Gasteiger partial charge is 0.384 e. The van der Waals surface area contributed by atoms with Gasteiger partial charge in [-0.3, -0.25) is 4.79 Å². The number of hydrogen-bond acceptors (Lipinski definition) is 2. The highest BCUT2D eigenvalue weighted by molar-refractivity contribution is 6.31. The summed E-state index contributed by atoms with van der Waals surface area (Å²) in [5, 5.41) is 12.1. The minimum atomic E-state index is -0.241. The van der Waals surface area contributed by atoms with Crippen LogP contribution in [-0.2, 0) is 7.05 Å². The lowest BCUT2D eigenvalue weighted by atomic mass is 10.1. The average molecular weight is 303 g/mol. The van der Waals surface area contributed by atoms with Gasteiger partial charge in [0, 0.05) is 24.5 Å². The van der Waals surface area contributed by atoms with Crippen molar-refractivity contribution < 1.29 is 9.90 Å². The molecule has 0 spiro atoms. The van der Waals surface area contributed by atoms with Crippen molar-refractivity contribution in [3.8, 4) is 11.8 Å². The average Bonchev–Trinajstić information content (AvgIpc) is 2.78. The monoisotopic (exact) mass is 302 g/mol. The van der Waals surface area contributed by atoms with Crippen molar-refractivity contribution in [3.05, 3.63) is 52.3 Å². The van der Waals surface area contributed by atoms with Crippen LogP contribution in [-0.4, -0.2) is 22.2 Å². The molecule has 0 atom stereocenters. The fourth-order valence-electron chi connectivity index (χ4n) is 1.91. The van der Waals surface area contributed by atoms with E-state index in [4.69, 9.17) is 16.7 Å². The van der Waals surface area contributed by atoms with E-state index < -0.39 is 0 Å². The number of carbonyl (C=O) groups is 1. The van der Waals surface area contributed by atoms with Gasteiger partial charge in [0.15, 0.2) is 0 Å². The molecule has 1 heterocycles. The molecule has 0 bridgehead atoms. The number of nitrogens with zero attached hydrogens (tertiary/aromatic N) is 1. The van der Waals surface area contributed by atoms with Crippen LogP contribution >= 0.6 is 11.6 Å². The minimum Gasteiger partial charge on any atom is -0.384 e. The Morgan fingerprint density at radius 1 is 1.43 bits per heavy atom. The Morgan fingerprint density at radius 3 is 2.81 bits per heavy atom. The van der Waals surface area contributed by atoms with Crippen LogP contribution in [0.1, 0.15) is 21.6 Å². The maximum absolute atomic E-state index is 12.2. The molecule has 1 amide bonds. The third kappa shape index (κ3) is 3.66. The molecule has 1 aromatic carbocycles. The number of aliphatic hydroxyl groups is 1. The molecule has 0 radical (unpaired) electrons. The van der Waals surface area contributed by atoms with Gasteiger partial charge in [-0.25, -0.2) is 0 Å². The lowest BCUT2D eigenvalue weighted by Crippen LogP contribution is -2.15. The summed E-state index contributed by atoms with van der Waals surface area (Å²) >= 11 is 5.87. The fraction of sp³-hybridized carbons (Fsp3) is 0.188. The zero-order chi connectivity index (χ0) is 15.4. The molecule has 0 aliphatic carbocycles. The van der Waals surface area contributed by atoms with Gasteiger partial charge in [-0.2, -0.15) is 0 Å².